The summed E-state index contributed by atoms with van der Waals surface area (Å²) in [5, 5.41) is 0. The van der Waals surface area contributed by atoms with Gasteiger partial charge in [0.1, 0.15) is 0 Å². The molecule has 0 spiro atoms. The van der Waals surface area contributed by atoms with Gasteiger partial charge in [0.15, 0.2) is 0 Å². The van der Waals surface area contributed by atoms with Crippen molar-refractivity contribution in [2.75, 3.05) is 12.8 Å². The van der Waals surface area contributed by atoms with Crippen LogP contribution < -0.4 is 5.73 Å². The molecule has 2 N–H and O–H groups in total. The molecule has 1 aromatic rings. The first-order chi connectivity index (χ1) is 6.19. The summed E-state index contributed by atoms with van der Waals surface area (Å²) in [7, 11) is 1.31. The molecular weight excluding hydrogens is 168 g/mol. The molecular formula is C9H10N2O2. The zero-order valence-electron chi connectivity index (χ0n) is 7.28. The number of ether oxygens (including phenoxy) is 1. The van der Waals surface area contributed by atoms with Crippen LogP contribution >= 0.6 is 0 Å². The van der Waals surface area contributed by atoms with E-state index in [-0.39, 0.29) is 0 Å². The highest BCUT2D eigenvalue weighted by atomic mass is 16.5. The Balaban J connectivity index is 3.12. The highest BCUT2D eigenvalue weighted by Crippen LogP contribution is 2.20. The van der Waals surface area contributed by atoms with Crippen molar-refractivity contribution in [1.29, 1.82) is 0 Å². The lowest BCUT2D eigenvalue weighted by Crippen LogP contribution is -2.04. The molecule has 0 amide bonds. The third-order valence-corrected chi connectivity index (χ3v) is 1.62. The van der Waals surface area contributed by atoms with Crippen molar-refractivity contribution >= 4 is 24.1 Å². The van der Waals surface area contributed by atoms with Gasteiger partial charge in [-0.3, -0.25) is 4.99 Å². The van der Waals surface area contributed by atoms with Crippen molar-refractivity contribution < 1.29 is 9.53 Å². The number of anilines is 1. The molecule has 0 aliphatic heterocycles. The molecule has 0 saturated heterocycles. The lowest BCUT2D eigenvalue weighted by molar-refractivity contribution is 0.0602. The third-order valence-electron chi connectivity index (χ3n) is 1.62. The molecule has 0 unspecified atom stereocenters. The highest BCUT2D eigenvalue weighted by Gasteiger charge is 2.09. The molecule has 0 aromatic heterocycles. The van der Waals surface area contributed by atoms with Crippen molar-refractivity contribution in [2.24, 2.45) is 4.99 Å². The van der Waals surface area contributed by atoms with E-state index in [1.807, 2.05) is 0 Å². The van der Waals surface area contributed by atoms with Crippen LogP contribution in [-0.2, 0) is 4.74 Å². The predicted molar refractivity (Wildman–Crippen MR) is 51.4 cm³/mol. The minimum absolute atomic E-state index is 0.343. The van der Waals surface area contributed by atoms with Crippen LogP contribution in [0.4, 0.5) is 11.4 Å². The number of benzene rings is 1. The first-order valence-corrected chi connectivity index (χ1v) is 3.63. The van der Waals surface area contributed by atoms with Crippen molar-refractivity contribution in [3.8, 4) is 0 Å². The molecule has 4 heteroatoms. The highest BCUT2D eigenvalue weighted by molar-refractivity contribution is 5.95. The van der Waals surface area contributed by atoms with Crippen molar-refractivity contribution in [2.45, 2.75) is 0 Å². The van der Waals surface area contributed by atoms with Gasteiger partial charge in [0.2, 0.25) is 0 Å². The van der Waals surface area contributed by atoms with Gasteiger partial charge in [0, 0.05) is 5.69 Å². The molecule has 1 aromatic carbocycles. The smallest absolute Gasteiger partial charge is 0.339 e. The van der Waals surface area contributed by atoms with Crippen LogP contribution in [0.5, 0.6) is 0 Å². The van der Waals surface area contributed by atoms with Gasteiger partial charge >= 0.3 is 5.97 Å². The summed E-state index contributed by atoms with van der Waals surface area (Å²) >= 11 is 0. The molecule has 0 aliphatic carbocycles. The number of rotatable bonds is 2. The quantitative estimate of drug-likeness (QED) is 0.422. The summed E-state index contributed by atoms with van der Waals surface area (Å²) in [5.74, 6) is -0.451. The Labute approximate surface area is 76.0 Å². The standard InChI is InChI=1S/C9H10N2O2/c1-11-6-3-4-7(8(10)5-6)9(12)13-2/h3-5H,1,10H2,2H3. The zero-order valence-corrected chi connectivity index (χ0v) is 7.28. The van der Waals surface area contributed by atoms with Crippen molar-refractivity contribution in [3.05, 3.63) is 23.8 Å². The van der Waals surface area contributed by atoms with E-state index in [4.69, 9.17) is 5.73 Å². The van der Waals surface area contributed by atoms with Crippen molar-refractivity contribution in [3.63, 3.8) is 0 Å². The zero-order chi connectivity index (χ0) is 9.84. The SMILES string of the molecule is C=Nc1ccc(C(=O)OC)c(N)c1. The molecule has 0 saturated carbocycles. The van der Waals surface area contributed by atoms with Crippen LogP contribution in [0.1, 0.15) is 10.4 Å². The molecule has 0 aliphatic rings. The summed E-state index contributed by atoms with van der Waals surface area (Å²) in [4.78, 5) is 14.8. The number of hydrogen-bond acceptors (Lipinski definition) is 4. The Morgan fingerprint density at radius 1 is 1.62 bits per heavy atom. The monoisotopic (exact) mass is 178 g/mol. The summed E-state index contributed by atoms with van der Waals surface area (Å²) < 4.78 is 4.53. The summed E-state index contributed by atoms with van der Waals surface area (Å²) in [5.41, 5.74) is 6.90. The fraction of sp³-hybridized carbons (Fsp3) is 0.111. The average molecular weight is 178 g/mol. The minimum Gasteiger partial charge on any atom is -0.465 e. The predicted octanol–water partition coefficient (Wildman–Crippen LogP) is 1.39. The van der Waals surface area contributed by atoms with E-state index in [0.29, 0.717) is 16.9 Å². The number of carbonyl (C=O) groups is 1. The first-order valence-electron chi connectivity index (χ1n) is 3.63. The van der Waals surface area contributed by atoms with Crippen LogP contribution in [0.15, 0.2) is 23.2 Å². The van der Waals surface area contributed by atoms with E-state index in [9.17, 15) is 4.79 Å². The van der Waals surface area contributed by atoms with Crippen molar-refractivity contribution in [1.82, 2.24) is 0 Å². The van der Waals surface area contributed by atoms with E-state index >= 15 is 0 Å². The normalized spacial score (nSPS) is 9.31. The molecule has 0 atom stereocenters. The molecule has 13 heavy (non-hydrogen) atoms. The maximum absolute atomic E-state index is 11.1. The first kappa shape index (κ1) is 9.25. The van der Waals surface area contributed by atoms with Crippen LogP contribution in [0.25, 0.3) is 0 Å². The average Bonchev–Trinajstić information content (AvgIpc) is 2.16. The van der Waals surface area contributed by atoms with E-state index in [0.717, 1.165) is 0 Å². The fourth-order valence-electron chi connectivity index (χ4n) is 0.944. The molecule has 0 heterocycles. The Kier molecular flexibility index (Phi) is 2.64. The summed E-state index contributed by atoms with van der Waals surface area (Å²) in [6, 6.07) is 4.78. The fourth-order valence-corrected chi connectivity index (χ4v) is 0.944. The number of aliphatic imine (C=N–C) groups is 1. The molecule has 0 fully saturated rings. The number of nitrogens with two attached hydrogens (primary N) is 1. The van der Waals surface area contributed by atoms with E-state index in [2.05, 4.69) is 16.4 Å². The van der Waals surface area contributed by atoms with Gasteiger partial charge in [-0.15, -0.1) is 0 Å². The van der Waals surface area contributed by atoms with Crippen LogP contribution in [0.3, 0.4) is 0 Å². The van der Waals surface area contributed by atoms with Gasteiger partial charge in [0.25, 0.3) is 0 Å². The lowest BCUT2D eigenvalue weighted by Gasteiger charge is -2.03. The topological polar surface area (TPSA) is 64.7 Å². The number of nitrogen functional groups attached to an aromatic ring is 1. The largest absolute Gasteiger partial charge is 0.465 e. The summed E-state index contributed by atoms with van der Waals surface area (Å²) in [6.07, 6.45) is 0. The van der Waals surface area contributed by atoms with Crippen LogP contribution in [-0.4, -0.2) is 19.8 Å². The second kappa shape index (κ2) is 3.71. The summed E-state index contributed by atoms with van der Waals surface area (Å²) in [6.45, 7) is 3.34. The number of methoxy groups -OCH3 is 1. The van der Waals surface area contributed by atoms with Gasteiger partial charge in [-0.2, -0.15) is 0 Å². The second-order valence-corrected chi connectivity index (χ2v) is 2.42. The molecule has 4 nitrogen and oxygen atoms in total. The number of hydrogen-bond donors (Lipinski definition) is 1. The van der Waals surface area contributed by atoms with E-state index in [1.54, 1.807) is 18.2 Å². The number of esters is 1. The van der Waals surface area contributed by atoms with E-state index in [1.165, 1.54) is 7.11 Å². The van der Waals surface area contributed by atoms with Gasteiger partial charge in [-0.1, -0.05) is 0 Å². The maximum Gasteiger partial charge on any atom is 0.339 e. The van der Waals surface area contributed by atoms with Gasteiger partial charge in [-0.25, -0.2) is 4.79 Å². The van der Waals surface area contributed by atoms with Gasteiger partial charge < -0.3 is 10.5 Å². The molecule has 0 bridgehead atoms. The minimum atomic E-state index is -0.451. The van der Waals surface area contributed by atoms with Gasteiger partial charge in [0.05, 0.1) is 18.4 Å². The van der Waals surface area contributed by atoms with E-state index < -0.39 is 5.97 Å². The third kappa shape index (κ3) is 1.84. The maximum atomic E-state index is 11.1. The van der Waals surface area contributed by atoms with Crippen LogP contribution in [0, 0.1) is 0 Å². The molecule has 1 rings (SSSR count). The molecule has 68 valence electrons. The second-order valence-electron chi connectivity index (χ2n) is 2.42. The number of carbonyl (C=O) groups excluding carboxylic acids is 1. The van der Waals surface area contributed by atoms with Gasteiger partial charge in [-0.05, 0) is 24.9 Å². The lowest BCUT2D eigenvalue weighted by atomic mass is 10.1. The Morgan fingerprint density at radius 2 is 2.31 bits per heavy atom. The Hall–Kier alpha value is -1.84. The number of nitrogens with zero attached hydrogens (tertiary/aromatic N) is 1. The molecule has 0 radical (unpaired) electrons. The van der Waals surface area contributed by atoms with Crippen LogP contribution in [0.2, 0.25) is 0 Å². The Bertz CT molecular complexity index is 347. The Morgan fingerprint density at radius 3 is 2.77 bits per heavy atom.